The average molecular weight is 247 g/mol. The highest BCUT2D eigenvalue weighted by Gasteiger charge is 1.99. The Hall–Kier alpha value is -2.23. The Morgan fingerprint density at radius 1 is 1.22 bits per heavy atom. The van der Waals surface area contributed by atoms with Crippen LogP contribution in [0.5, 0.6) is 0 Å². The number of rotatable bonds is 1. The van der Waals surface area contributed by atoms with E-state index in [1.165, 1.54) is 17.7 Å². The third-order valence-electron chi connectivity index (χ3n) is 2.42. The summed E-state index contributed by atoms with van der Waals surface area (Å²) in [6, 6.07) is 8.21. The number of carboxylic acids is 1. The number of carbonyl (C=O) groups is 1. The second-order valence-electron chi connectivity index (χ2n) is 4.03. The molecule has 1 heterocycles. The first-order valence-corrected chi connectivity index (χ1v) is 5.52. The summed E-state index contributed by atoms with van der Waals surface area (Å²) >= 11 is 0. The Morgan fingerprint density at radius 2 is 1.89 bits per heavy atom. The maximum atomic E-state index is 10.3. The van der Waals surface area contributed by atoms with Gasteiger partial charge in [0.15, 0.2) is 0 Å². The van der Waals surface area contributed by atoms with Gasteiger partial charge in [-0.3, -0.25) is 0 Å². The van der Waals surface area contributed by atoms with Crippen LogP contribution in [0.1, 0.15) is 27.4 Å². The zero-order valence-corrected chi connectivity index (χ0v) is 10.7. The zero-order valence-electron chi connectivity index (χ0n) is 10.7. The number of benzene rings is 1. The van der Waals surface area contributed by atoms with Gasteiger partial charge in [-0.05, 0) is 50.6 Å². The topological polar surface area (TPSA) is 76.5 Å². The first kappa shape index (κ1) is 13.8. The molecule has 0 aliphatic rings. The molecular weight excluding hydrogens is 230 g/mol. The normalized spacial score (nSPS) is 9.50. The summed E-state index contributed by atoms with van der Waals surface area (Å²) in [7, 11) is 0. The van der Waals surface area contributed by atoms with Gasteiger partial charge in [0.25, 0.3) is 0 Å². The van der Waals surface area contributed by atoms with E-state index in [2.05, 4.69) is 0 Å². The standard InChI is InChI=1S/C7H7NO2.C7H10O/c8-6-3-1-2-5(4-6)7(9)10;1-5-4-6(2)8-7(5)3/h1-4H,8H2,(H,9,10);4H,1-3H3. The van der Waals surface area contributed by atoms with Crippen molar-refractivity contribution in [2.45, 2.75) is 20.8 Å². The molecule has 0 unspecified atom stereocenters. The maximum absolute atomic E-state index is 10.3. The SMILES string of the molecule is Cc1cc(C)c(C)o1.Nc1cccc(C(=O)O)c1. The van der Waals surface area contributed by atoms with Gasteiger partial charge in [-0.1, -0.05) is 6.07 Å². The van der Waals surface area contributed by atoms with Gasteiger partial charge in [0, 0.05) is 5.69 Å². The lowest BCUT2D eigenvalue weighted by atomic mass is 10.2. The van der Waals surface area contributed by atoms with Gasteiger partial charge >= 0.3 is 5.97 Å². The van der Waals surface area contributed by atoms with E-state index in [1.807, 2.05) is 26.8 Å². The number of aromatic carboxylic acids is 1. The number of hydrogen-bond acceptors (Lipinski definition) is 3. The molecule has 0 aliphatic carbocycles. The lowest BCUT2D eigenvalue weighted by Crippen LogP contribution is -1.96. The second kappa shape index (κ2) is 5.91. The zero-order chi connectivity index (χ0) is 13.7. The third-order valence-corrected chi connectivity index (χ3v) is 2.42. The van der Waals surface area contributed by atoms with E-state index in [4.69, 9.17) is 15.3 Å². The minimum Gasteiger partial charge on any atom is -0.478 e. The summed E-state index contributed by atoms with van der Waals surface area (Å²) in [6.45, 7) is 5.98. The van der Waals surface area contributed by atoms with Gasteiger partial charge < -0.3 is 15.3 Å². The summed E-state index contributed by atoms with van der Waals surface area (Å²) in [5.41, 5.74) is 7.27. The molecule has 1 aromatic carbocycles. The van der Waals surface area contributed by atoms with Crippen molar-refractivity contribution in [2.75, 3.05) is 5.73 Å². The highest BCUT2D eigenvalue weighted by atomic mass is 16.4. The molecule has 0 bridgehead atoms. The fourth-order valence-corrected chi connectivity index (χ4v) is 1.43. The fraction of sp³-hybridized carbons (Fsp3) is 0.214. The summed E-state index contributed by atoms with van der Waals surface area (Å²) in [5.74, 6) is 1.08. The molecule has 18 heavy (non-hydrogen) atoms. The lowest BCUT2D eigenvalue weighted by molar-refractivity contribution is 0.0697. The van der Waals surface area contributed by atoms with Crippen LogP contribution in [0.3, 0.4) is 0 Å². The summed E-state index contributed by atoms with van der Waals surface area (Å²) < 4.78 is 5.21. The Labute approximate surface area is 106 Å². The van der Waals surface area contributed by atoms with E-state index in [9.17, 15) is 4.79 Å². The van der Waals surface area contributed by atoms with Crippen LogP contribution in [0.2, 0.25) is 0 Å². The van der Waals surface area contributed by atoms with Crippen molar-refractivity contribution in [2.24, 2.45) is 0 Å². The molecule has 2 aromatic rings. The Kier molecular flexibility index (Phi) is 4.54. The van der Waals surface area contributed by atoms with Crippen LogP contribution in [-0.2, 0) is 0 Å². The van der Waals surface area contributed by atoms with Gasteiger partial charge in [0.1, 0.15) is 11.5 Å². The van der Waals surface area contributed by atoms with Crippen LogP contribution in [0.25, 0.3) is 0 Å². The average Bonchev–Trinajstić information content (AvgIpc) is 2.57. The van der Waals surface area contributed by atoms with Crippen molar-refractivity contribution in [1.29, 1.82) is 0 Å². The molecular formula is C14H17NO3. The molecule has 0 radical (unpaired) electrons. The molecule has 4 nitrogen and oxygen atoms in total. The lowest BCUT2D eigenvalue weighted by Gasteiger charge is -1.93. The van der Waals surface area contributed by atoms with E-state index in [0.29, 0.717) is 5.69 Å². The number of carboxylic acid groups (broad SMARTS) is 1. The van der Waals surface area contributed by atoms with Crippen molar-refractivity contribution in [3.63, 3.8) is 0 Å². The van der Waals surface area contributed by atoms with E-state index in [-0.39, 0.29) is 5.56 Å². The van der Waals surface area contributed by atoms with Crippen LogP contribution >= 0.6 is 0 Å². The van der Waals surface area contributed by atoms with E-state index >= 15 is 0 Å². The summed E-state index contributed by atoms with van der Waals surface area (Å²) in [6.07, 6.45) is 0. The minimum absolute atomic E-state index is 0.222. The molecule has 0 atom stereocenters. The van der Waals surface area contributed by atoms with E-state index in [1.54, 1.807) is 12.1 Å². The number of anilines is 1. The molecule has 96 valence electrons. The largest absolute Gasteiger partial charge is 0.478 e. The van der Waals surface area contributed by atoms with Crippen LogP contribution in [-0.4, -0.2) is 11.1 Å². The predicted molar refractivity (Wildman–Crippen MR) is 70.7 cm³/mol. The molecule has 0 aliphatic heterocycles. The molecule has 0 amide bonds. The number of hydrogen-bond donors (Lipinski definition) is 2. The molecule has 2 rings (SSSR count). The molecule has 0 saturated carbocycles. The maximum Gasteiger partial charge on any atom is 0.335 e. The number of nitrogens with two attached hydrogens (primary N) is 1. The summed E-state index contributed by atoms with van der Waals surface area (Å²) in [5, 5.41) is 8.45. The van der Waals surface area contributed by atoms with Crippen LogP contribution in [0, 0.1) is 20.8 Å². The van der Waals surface area contributed by atoms with Gasteiger partial charge in [0.05, 0.1) is 5.56 Å². The molecule has 3 N–H and O–H groups in total. The number of aryl methyl sites for hydroxylation is 3. The molecule has 0 fully saturated rings. The first-order valence-electron chi connectivity index (χ1n) is 5.52. The number of nitrogen functional groups attached to an aromatic ring is 1. The van der Waals surface area contributed by atoms with Gasteiger partial charge in [-0.2, -0.15) is 0 Å². The van der Waals surface area contributed by atoms with Crippen molar-refractivity contribution in [1.82, 2.24) is 0 Å². The quantitative estimate of drug-likeness (QED) is 0.759. The Balaban J connectivity index is 0.000000184. The second-order valence-corrected chi connectivity index (χ2v) is 4.03. The van der Waals surface area contributed by atoms with Crippen molar-refractivity contribution in [3.8, 4) is 0 Å². The fourth-order valence-electron chi connectivity index (χ4n) is 1.43. The van der Waals surface area contributed by atoms with Crippen molar-refractivity contribution < 1.29 is 14.3 Å². The smallest absolute Gasteiger partial charge is 0.335 e. The predicted octanol–water partition coefficient (Wildman–Crippen LogP) is 3.17. The Morgan fingerprint density at radius 3 is 2.17 bits per heavy atom. The van der Waals surface area contributed by atoms with Crippen molar-refractivity contribution in [3.05, 3.63) is 53.0 Å². The molecule has 1 aromatic heterocycles. The molecule has 0 saturated heterocycles. The van der Waals surface area contributed by atoms with Gasteiger partial charge in [-0.15, -0.1) is 0 Å². The number of furan rings is 1. The highest BCUT2D eigenvalue weighted by molar-refractivity contribution is 5.88. The first-order chi connectivity index (χ1) is 8.40. The molecule has 4 heteroatoms. The van der Waals surface area contributed by atoms with Gasteiger partial charge in [-0.25, -0.2) is 4.79 Å². The minimum atomic E-state index is -0.952. The Bertz CT molecular complexity index is 524. The van der Waals surface area contributed by atoms with Crippen LogP contribution in [0.15, 0.2) is 34.7 Å². The van der Waals surface area contributed by atoms with Gasteiger partial charge in [0.2, 0.25) is 0 Å². The van der Waals surface area contributed by atoms with Crippen molar-refractivity contribution >= 4 is 11.7 Å². The van der Waals surface area contributed by atoms with E-state index in [0.717, 1.165) is 11.5 Å². The highest BCUT2D eigenvalue weighted by Crippen LogP contribution is 2.10. The third kappa shape index (κ3) is 3.97. The monoisotopic (exact) mass is 247 g/mol. The molecule has 0 spiro atoms. The van der Waals surface area contributed by atoms with Crippen LogP contribution in [0.4, 0.5) is 5.69 Å². The van der Waals surface area contributed by atoms with E-state index < -0.39 is 5.97 Å². The summed E-state index contributed by atoms with van der Waals surface area (Å²) in [4.78, 5) is 10.3. The van der Waals surface area contributed by atoms with Crippen LogP contribution < -0.4 is 5.73 Å².